The zero-order valence-electron chi connectivity index (χ0n) is 1.66. The maximum absolute atomic E-state index is 0. The largest absolute Gasteiger partial charge is 4.00 e. The van der Waals surface area contributed by atoms with Gasteiger partial charge in [0.15, 0.2) is 0 Å². The van der Waals surface area contributed by atoms with E-state index >= 15 is 0 Å². The minimum absolute atomic E-state index is 0. The second kappa shape index (κ2) is 79.5. The van der Waals surface area contributed by atoms with Crippen molar-refractivity contribution in [3.05, 3.63) is 0 Å². The van der Waals surface area contributed by atoms with Crippen molar-refractivity contribution in [1.29, 1.82) is 0 Å². The van der Waals surface area contributed by atoms with Gasteiger partial charge in [-0.1, -0.05) is 0 Å². The maximum Gasteiger partial charge on any atom is 4.00 e. The van der Waals surface area contributed by atoms with Crippen LogP contribution in [0.2, 0.25) is 0 Å². The van der Waals surface area contributed by atoms with Gasteiger partial charge in [-0.05, 0) is 0 Å². The molecule has 0 bridgehead atoms. The van der Waals surface area contributed by atoms with Gasteiger partial charge in [0.2, 0.25) is 0 Å². The Morgan fingerprint density at radius 3 is 0.750 bits per heavy atom. The van der Waals surface area contributed by atoms with Crippen LogP contribution >= 0.6 is 0 Å². The van der Waals surface area contributed by atoms with E-state index in [0.717, 1.165) is 0 Å². The molecule has 0 radical (unpaired) electrons. The number of halogens is 2. The monoisotopic (exact) mass is 102 g/mol. The van der Waals surface area contributed by atoms with E-state index in [1.165, 1.54) is 0 Å². The summed E-state index contributed by atoms with van der Waals surface area (Å²) in [5, 5.41) is 0. The zero-order chi connectivity index (χ0) is 0. The van der Waals surface area contributed by atoms with Crippen LogP contribution in [0.4, 0.5) is 0 Å². The molecule has 4 heavy (non-hydrogen) atoms. The standard InChI is InChI=1S/2FH.O.Ti/h2*1H;;/q;;-2;+4/p-2. The van der Waals surface area contributed by atoms with Crippen molar-refractivity contribution < 1.29 is 36.6 Å². The summed E-state index contributed by atoms with van der Waals surface area (Å²) in [7, 11) is 0. The molecular weight excluding hydrogens is 102 g/mol. The van der Waals surface area contributed by atoms with Crippen LogP contribution in [0.1, 0.15) is 0 Å². The molecule has 0 saturated carbocycles. The number of hydrogen-bond donors (Lipinski definition) is 0. The third kappa shape index (κ3) is 20.9. The van der Waals surface area contributed by atoms with Crippen LogP contribution in [-0.4, -0.2) is 0 Å². The smallest absolute Gasteiger partial charge is 2.00 e. The molecule has 24 valence electrons. The Hall–Kier alpha value is 0.534. The normalized spacial score (nSPS) is 0. The van der Waals surface area contributed by atoms with E-state index in [1.54, 1.807) is 0 Å². The van der Waals surface area contributed by atoms with Crippen molar-refractivity contribution in [2.75, 3.05) is 0 Å². The van der Waals surface area contributed by atoms with Crippen LogP contribution < -0.4 is 9.41 Å². The third-order valence-corrected chi connectivity index (χ3v) is 0. The fourth-order valence-electron chi connectivity index (χ4n) is 0. The molecule has 0 aromatic rings. The van der Waals surface area contributed by atoms with E-state index in [4.69, 9.17) is 0 Å². The molecular formula is F2OTi. The van der Waals surface area contributed by atoms with Gasteiger partial charge in [-0.25, -0.2) is 0 Å². The van der Waals surface area contributed by atoms with Gasteiger partial charge in [0.25, 0.3) is 0 Å². The van der Waals surface area contributed by atoms with E-state index < -0.39 is 0 Å². The predicted octanol–water partition coefficient (Wildman–Crippen LogP) is -6.11. The van der Waals surface area contributed by atoms with Gasteiger partial charge in [0, 0.05) is 0 Å². The van der Waals surface area contributed by atoms with Crippen LogP contribution in [0.5, 0.6) is 0 Å². The van der Waals surface area contributed by atoms with Crippen LogP contribution in [-0.2, 0) is 27.2 Å². The molecule has 0 aliphatic heterocycles. The quantitative estimate of drug-likeness (QED) is 0.272. The molecule has 0 rings (SSSR count). The van der Waals surface area contributed by atoms with E-state index in [-0.39, 0.29) is 36.6 Å². The minimum Gasteiger partial charge on any atom is -2.00 e. The van der Waals surface area contributed by atoms with Crippen molar-refractivity contribution in [3.8, 4) is 0 Å². The predicted molar refractivity (Wildman–Crippen MR) is 0.686 cm³/mol. The summed E-state index contributed by atoms with van der Waals surface area (Å²) in [5.74, 6) is 0. The first kappa shape index (κ1) is 198. The Kier molecular flexibility index (Phi) is 3940. The molecule has 0 spiro atoms. The second-order valence-corrected chi connectivity index (χ2v) is 0. The summed E-state index contributed by atoms with van der Waals surface area (Å²) in [4.78, 5) is 0. The van der Waals surface area contributed by atoms with Gasteiger partial charge in [0.1, 0.15) is 0 Å². The Morgan fingerprint density at radius 1 is 0.750 bits per heavy atom. The second-order valence-electron chi connectivity index (χ2n) is 0. The maximum atomic E-state index is 0. The average Bonchev–Trinajstić information content (AvgIpc) is 0. The van der Waals surface area contributed by atoms with Crippen LogP contribution in [0.25, 0.3) is 0 Å². The summed E-state index contributed by atoms with van der Waals surface area (Å²) >= 11 is 0. The third-order valence-electron chi connectivity index (χ3n) is 0. The zero-order valence-corrected chi connectivity index (χ0v) is 3.23. The van der Waals surface area contributed by atoms with Gasteiger partial charge in [-0.2, -0.15) is 0 Å². The number of hydrogen-bond acceptors (Lipinski definition) is 0. The van der Waals surface area contributed by atoms with Gasteiger partial charge in [-0.15, -0.1) is 0 Å². The van der Waals surface area contributed by atoms with E-state index in [2.05, 4.69) is 0 Å². The fraction of sp³-hybridized carbons (Fsp3) is 0. The first-order valence-corrected chi connectivity index (χ1v) is 0. The first-order chi connectivity index (χ1) is 0. The summed E-state index contributed by atoms with van der Waals surface area (Å²) in [6, 6.07) is 0. The van der Waals surface area contributed by atoms with Crippen molar-refractivity contribution in [2.45, 2.75) is 0 Å². The van der Waals surface area contributed by atoms with Crippen molar-refractivity contribution in [2.24, 2.45) is 0 Å². The van der Waals surface area contributed by atoms with Crippen LogP contribution in [0.3, 0.4) is 0 Å². The van der Waals surface area contributed by atoms with E-state index in [9.17, 15) is 0 Å². The summed E-state index contributed by atoms with van der Waals surface area (Å²) < 4.78 is 0. The van der Waals surface area contributed by atoms with Gasteiger partial charge < -0.3 is 14.9 Å². The van der Waals surface area contributed by atoms with Crippen LogP contribution in [0.15, 0.2) is 0 Å². The molecule has 0 unspecified atom stereocenters. The topological polar surface area (TPSA) is 28.5 Å². The summed E-state index contributed by atoms with van der Waals surface area (Å²) in [5.41, 5.74) is 0. The molecule has 0 saturated heterocycles. The number of rotatable bonds is 0. The van der Waals surface area contributed by atoms with Crippen LogP contribution in [0, 0.1) is 0 Å². The molecule has 0 aromatic carbocycles. The van der Waals surface area contributed by atoms with Gasteiger partial charge in [-0.3, -0.25) is 0 Å². The molecule has 0 amide bonds. The molecule has 0 fully saturated rings. The Bertz CT molecular complexity index is 6.00. The van der Waals surface area contributed by atoms with Crippen molar-refractivity contribution in [1.82, 2.24) is 0 Å². The molecule has 1 nitrogen and oxygen atoms in total. The van der Waals surface area contributed by atoms with E-state index in [1.807, 2.05) is 0 Å². The minimum atomic E-state index is 0. The Labute approximate surface area is 37.3 Å². The first-order valence-electron chi connectivity index (χ1n) is 0. The summed E-state index contributed by atoms with van der Waals surface area (Å²) in [6.45, 7) is 0. The Morgan fingerprint density at radius 2 is 0.750 bits per heavy atom. The van der Waals surface area contributed by atoms with Crippen molar-refractivity contribution in [3.63, 3.8) is 0 Å². The summed E-state index contributed by atoms with van der Waals surface area (Å²) in [6.07, 6.45) is 0. The molecule has 0 aliphatic rings. The SMILES string of the molecule is [F-].[F-].[O-2].[Ti+4]. The molecule has 0 aromatic heterocycles. The fourth-order valence-corrected chi connectivity index (χ4v) is 0. The van der Waals surface area contributed by atoms with Crippen molar-refractivity contribution >= 4 is 0 Å². The average molecular weight is 102 g/mol. The Balaban J connectivity index is 0. The molecule has 0 N–H and O–H groups in total. The van der Waals surface area contributed by atoms with Gasteiger partial charge >= 0.3 is 21.7 Å². The molecule has 0 heterocycles. The molecule has 0 atom stereocenters. The van der Waals surface area contributed by atoms with E-state index in [0.29, 0.717) is 0 Å². The van der Waals surface area contributed by atoms with Gasteiger partial charge in [0.05, 0.1) is 0 Å². The molecule has 4 heteroatoms. The molecule has 0 aliphatic carbocycles.